The van der Waals surface area contributed by atoms with E-state index in [1.165, 1.54) is 24.0 Å². The van der Waals surface area contributed by atoms with Gasteiger partial charge < -0.3 is 23.8 Å². The highest BCUT2D eigenvalue weighted by Gasteiger charge is 2.28. The summed E-state index contributed by atoms with van der Waals surface area (Å²) >= 11 is 1.46. The zero-order valence-electron chi connectivity index (χ0n) is 17.1. The lowest BCUT2D eigenvalue weighted by molar-refractivity contribution is -0.121. The van der Waals surface area contributed by atoms with E-state index in [2.05, 4.69) is 6.58 Å². The molecule has 29 heavy (non-hydrogen) atoms. The Morgan fingerprint density at radius 1 is 1.45 bits per heavy atom. The number of rotatable bonds is 14. The molecular weight excluding hydrogens is 419 g/mol. The first-order valence-electron chi connectivity index (χ1n) is 9.22. The zero-order chi connectivity index (χ0) is 21.9. The standard InChI is InChI=1S/C18H31N2O7PS/c1-14(18(2,3)12-21)29-10-9-25-28(24)26-11-15-5-6-17(27-15)20(4)8-7-16(23)19-13-22/h7-8,13,15,17,21,28H,1,5-6,9-12H2,2-4H3,(H,19,22,23)/b8-7-. The number of imide groups is 1. The van der Waals surface area contributed by atoms with Crippen LogP contribution in [0.15, 0.2) is 23.8 Å². The first-order valence-corrected chi connectivity index (χ1v) is 11.4. The van der Waals surface area contributed by atoms with Crippen molar-refractivity contribution in [1.29, 1.82) is 0 Å². The molecule has 0 aromatic rings. The fourth-order valence-corrected chi connectivity index (χ4v) is 3.96. The van der Waals surface area contributed by atoms with Crippen LogP contribution in [0, 0.1) is 5.41 Å². The number of aliphatic hydroxyl groups excluding tert-OH is 1. The summed E-state index contributed by atoms with van der Waals surface area (Å²) < 4.78 is 28.2. The van der Waals surface area contributed by atoms with Gasteiger partial charge in [0.2, 0.25) is 6.41 Å². The topological polar surface area (TPSA) is 114 Å². The zero-order valence-corrected chi connectivity index (χ0v) is 18.9. The predicted molar refractivity (Wildman–Crippen MR) is 112 cm³/mol. The summed E-state index contributed by atoms with van der Waals surface area (Å²) in [7, 11) is -0.857. The van der Waals surface area contributed by atoms with Crippen molar-refractivity contribution in [3.63, 3.8) is 0 Å². The maximum Gasteiger partial charge on any atom is 0.319 e. The molecule has 0 bridgehead atoms. The molecule has 1 heterocycles. The van der Waals surface area contributed by atoms with Crippen LogP contribution in [0.25, 0.3) is 0 Å². The number of carbonyl (C=O) groups is 2. The lowest BCUT2D eigenvalue weighted by Crippen LogP contribution is -2.29. The molecule has 166 valence electrons. The second-order valence-electron chi connectivity index (χ2n) is 7.12. The molecule has 1 fully saturated rings. The van der Waals surface area contributed by atoms with Crippen molar-refractivity contribution in [3.8, 4) is 0 Å². The fourth-order valence-electron chi connectivity index (χ4n) is 2.27. The Kier molecular flexibility index (Phi) is 11.8. The highest BCUT2D eigenvalue weighted by atomic mass is 32.2. The Morgan fingerprint density at radius 3 is 2.83 bits per heavy atom. The first kappa shape index (κ1) is 25.9. The summed E-state index contributed by atoms with van der Waals surface area (Å²) in [5.74, 6) is 0.0564. The number of ether oxygens (including phenoxy) is 1. The Morgan fingerprint density at radius 2 is 2.17 bits per heavy atom. The largest absolute Gasteiger partial charge is 0.395 e. The van der Waals surface area contributed by atoms with Crippen molar-refractivity contribution in [2.24, 2.45) is 5.41 Å². The molecule has 11 heteroatoms. The summed E-state index contributed by atoms with van der Waals surface area (Å²) in [4.78, 5) is 24.0. The van der Waals surface area contributed by atoms with Crippen LogP contribution < -0.4 is 5.32 Å². The van der Waals surface area contributed by atoms with Crippen LogP contribution in [-0.2, 0) is 27.9 Å². The second kappa shape index (κ2) is 13.2. The van der Waals surface area contributed by atoms with E-state index < -0.39 is 14.2 Å². The van der Waals surface area contributed by atoms with E-state index in [0.29, 0.717) is 12.2 Å². The van der Waals surface area contributed by atoms with E-state index >= 15 is 0 Å². The molecule has 1 saturated heterocycles. The summed E-state index contributed by atoms with van der Waals surface area (Å²) in [5, 5.41) is 11.3. The summed E-state index contributed by atoms with van der Waals surface area (Å²) in [6.45, 7) is 8.17. The van der Waals surface area contributed by atoms with Crippen LogP contribution in [0.1, 0.15) is 26.7 Å². The van der Waals surface area contributed by atoms with Crippen LogP contribution >= 0.6 is 20.0 Å². The van der Waals surface area contributed by atoms with Gasteiger partial charge in [-0.1, -0.05) is 20.4 Å². The van der Waals surface area contributed by atoms with E-state index in [1.807, 2.05) is 19.2 Å². The van der Waals surface area contributed by atoms with Gasteiger partial charge in [0.25, 0.3) is 5.91 Å². The van der Waals surface area contributed by atoms with E-state index in [4.69, 9.17) is 13.8 Å². The van der Waals surface area contributed by atoms with Crippen molar-refractivity contribution >= 4 is 32.3 Å². The van der Waals surface area contributed by atoms with Gasteiger partial charge in [0.05, 0.1) is 25.9 Å². The third-order valence-electron chi connectivity index (χ3n) is 4.32. The maximum absolute atomic E-state index is 11.9. The lowest BCUT2D eigenvalue weighted by Gasteiger charge is -2.23. The smallest absolute Gasteiger partial charge is 0.319 e. The van der Waals surface area contributed by atoms with Gasteiger partial charge in [-0.25, -0.2) is 0 Å². The molecule has 1 aliphatic heterocycles. The van der Waals surface area contributed by atoms with Gasteiger partial charge in [0.15, 0.2) is 0 Å². The minimum absolute atomic E-state index is 0.0126. The van der Waals surface area contributed by atoms with Crippen molar-refractivity contribution in [2.45, 2.75) is 39.0 Å². The highest BCUT2D eigenvalue weighted by Crippen LogP contribution is 2.34. The molecule has 2 amide bonds. The van der Waals surface area contributed by atoms with Gasteiger partial charge >= 0.3 is 8.25 Å². The van der Waals surface area contributed by atoms with Gasteiger partial charge in [-0.2, -0.15) is 0 Å². The van der Waals surface area contributed by atoms with Gasteiger partial charge in [0.1, 0.15) is 6.23 Å². The molecule has 3 atom stereocenters. The third-order valence-corrected chi connectivity index (χ3v) is 6.43. The van der Waals surface area contributed by atoms with E-state index in [1.54, 1.807) is 11.9 Å². The molecule has 0 aliphatic carbocycles. The molecule has 0 radical (unpaired) electrons. The number of hydrogen-bond donors (Lipinski definition) is 2. The Bertz CT molecular complexity index is 615. The van der Waals surface area contributed by atoms with Crippen LogP contribution in [0.5, 0.6) is 0 Å². The van der Waals surface area contributed by atoms with Crippen LogP contribution in [0.3, 0.4) is 0 Å². The minimum atomic E-state index is -2.62. The monoisotopic (exact) mass is 450 g/mol. The molecule has 3 unspecified atom stereocenters. The van der Waals surface area contributed by atoms with Crippen molar-refractivity contribution in [1.82, 2.24) is 10.2 Å². The molecule has 1 rings (SSSR count). The molecule has 0 aromatic heterocycles. The van der Waals surface area contributed by atoms with Crippen LogP contribution in [0.2, 0.25) is 0 Å². The molecule has 9 nitrogen and oxygen atoms in total. The van der Waals surface area contributed by atoms with E-state index in [0.717, 1.165) is 17.7 Å². The summed E-state index contributed by atoms with van der Waals surface area (Å²) in [6, 6.07) is 0. The first-order chi connectivity index (χ1) is 13.7. The molecule has 1 aliphatic rings. The Hall–Kier alpha value is -1.16. The number of aliphatic hydroxyl groups is 1. The maximum atomic E-state index is 11.9. The number of carbonyl (C=O) groups excluding carboxylic acids is 2. The van der Waals surface area contributed by atoms with Crippen molar-refractivity contribution < 1.29 is 33.0 Å². The van der Waals surface area contributed by atoms with Crippen molar-refractivity contribution in [3.05, 3.63) is 23.8 Å². The lowest BCUT2D eigenvalue weighted by atomic mass is 9.95. The quantitative estimate of drug-likeness (QED) is 0.177. The summed E-state index contributed by atoms with van der Waals surface area (Å²) in [6.07, 6.45) is 4.10. The number of nitrogens with one attached hydrogen (secondary N) is 1. The van der Waals surface area contributed by atoms with E-state index in [-0.39, 0.29) is 37.6 Å². The molecule has 0 saturated carbocycles. The SMILES string of the molecule is C=C(SCCO[PH](=O)OCC1CCC(N(C)/C=C\C(=O)NC=O)O1)C(C)(C)CO. The molecule has 0 aromatic carbocycles. The number of thioether (sulfide) groups is 1. The molecule has 2 N–H and O–H groups in total. The van der Waals surface area contributed by atoms with Gasteiger partial charge in [-0.3, -0.25) is 19.5 Å². The highest BCUT2D eigenvalue weighted by molar-refractivity contribution is 8.03. The van der Waals surface area contributed by atoms with Gasteiger partial charge in [0, 0.05) is 30.5 Å². The van der Waals surface area contributed by atoms with Crippen LogP contribution in [-0.4, -0.2) is 67.3 Å². The predicted octanol–water partition coefficient (Wildman–Crippen LogP) is 1.90. The molecular formula is C18H31N2O7PS. The number of amides is 2. The summed E-state index contributed by atoms with van der Waals surface area (Å²) in [5.41, 5.74) is -0.372. The molecule has 0 spiro atoms. The Labute approximate surface area is 176 Å². The second-order valence-corrected chi connectivity index (χ2v) is 9.39. The number of nitrogens with zero attached hydrogens (tertiary/aromatic N) is 1. The number of hydrogen-bond acceptors (Lipinski definition) is 9. The third kappa shape index (κ3) is 9.93. The Balaban J connectivity index is 2.21. The van der Waals surface area contributed by atoms with Crippen molar-refractivity contribution in [2.75, 3.05) is 32.6 Å². The average molecular weight is 450 g/mol. The van der Waals surface area contributed by atoms with Crippen LogP contribution in [0.4, 0.5) is 0 Å². The normalized spacial score (nSPS) is 20.6. The van der Waals surface area contributed by atoms with E-state index in [9.17, 15) is 19.3 Å². The minimum Gasteiger partial charge on any atom is -0.395 e. The fraction of sp³-hybridized carbons (Fsp3) is 0.667. The van der Waals surface area contributed by atoms with Gasteiger partial charge in [-0.15, -0.1) is 11.8 Å². The van der Waals surface area contributed by atoms with Gasteiger partial charge in [-0.05, 0) is 17.7 Å². The average Bonchev–Trinajstić information content (AvgIpc) is 3.17.